The van der Waals surface area contributed by atoms with E-state index < -0.39 is 0 Å². The Hall–Kier alpha value is -2.24. The van der Waals surface area contributed by atoms with Crippen molar-refractivity contribution in [1.82, 2.24) is 0 Å². The summed E-state index contributed by atoms with van der Waals surface area (Å²) in [5, 5.41) is 3.27. The molecule has 23 heavy (non-hydrogen) atoms. The molecule has 0 fully saturated rings. The fourth-order valence-corrected chi connectivity index (χ4v) is 2.87. The summed E-state index contributed by atoms with van der Waals surface area (Å²) >= 11 is 9.55. The highest BCUT2D eigenvalue weighted by atomic mass is 79.9. The first-order valence-electron chi connectivity index (χ1n) is 6.75. The second-order valence-electron chi connectivity index (χ2n) is 4.87. The van der Waals surface area contributed by atoms with Gasteiger partial charge in [0.1, 0.15) is 5.76 Å². The number of rotatable bonds is 3. The van der Waals surface area contributed by atoms with Gasteiger partial charge >= 0.3 is 0 Å². The Kier molecular flexibility index (Phi) is 4.41. The maximum absolute atomic E-state index is 12.2. The summed E-state index contributed by atoms with van der Waals surface area (Å²) in [4.78, 5) is 12.2. The van der Waals surface area contributed by atoms with Gasteiger partial charge in [-0.3, -0.25) is 4.79 Å². The van der Waals surface area contributed by atoms with Crippen molar-refractivity contribution in [3.63, 3.8) is 0 Å². The summed E-state index contributed by atoms with van der Waals surface area (Å²) in [6.45, 7) is 0. The quantitative estimate of drug-likeness (QED) is 0.603. The number of carbonyl (C=O) groups excluding carboxylic acids is 1. The van der Waals surface area contributed by atoms with E-state index in [0.29, 0.717) is 22.2 Å². The van der Waals surface area contributed by atoms with Gasteiger partial charge in [0.25, 0.3) is 5.91 Å². The molecule has 0 aliphatic carbocycles. The van der Waals surface area contributed by atoms with E-state index in [0.717, 1.165) is 10.0 Å². The third kappa shape index (κ3) is 3.57. The van der Waals surface area contributed by atoms with Crippen molar-refractivity contribution in [2.75, 3.05) is 11.1 Å². The van der Waals surface area contributed by atoms with Gasteiger partial charge in [0.15, 0.2) is 5.76 Å². The molecule has 0 spiro atoms. The molecule has 2 aromatic carbocycles. The Morgan fingerprint density at radius 2 is 1.96 bits per heavy atom. The maximum atomic E-state index is 12.2. The molecule has 0 saturated heterocycles. The minimum atomic E-state index is -0.352. The summed E-state index contributed by atoms with van der Waals surface area (Å²) < 4.78 is 6.48. The number of amides is 1. The molecular formula is C17H12BrClN2O2. The van der Waals surface area contributed by atoms with Gasteiger partial charge < -0.3 is 15.5 Å². The van der Waals surface area contributed by atoms with Crippen molar-refractivity contribution in [3.05, 3.63) is 69.9 Å². The molecule has 3 rings (SSSR count). The van der Waals surface area contributed by atoms with E-state index in [4.69, 9.17) is 21.8 Å². The number of nitrogens with two attached hydrogens (primary N) is 1. The predicted octanol–water partition coefficient (Wildman–Crippen LogP) is 5.20. The standard InChI is InChI=1S/C17H12BrClN2O2/c18-10-4-5-13(14(19)8-10)15-6-7-16(23-15)17(22)21-12-3-1-2-11(20)9-12/h1-9H,20H2,(H,21,22). The molecule has 6 heteroatoms. The number of carbonyl (C=O) groups is 1. The van der Waals surface area contributed by atoms with Gasteiger partial charge in [0.2, 0.25) is 0 Å². The van der Waals surface area contributed by atoms with Crippen LogP contribution in [0.2, 0.25) is 5.02 Å². The van der Waals surface area contributed by atoms with Crippen LogP contribution < -0.4 is 11.1 Å². The van der Waals surface area contributed by atoms with Gasteiger partial charge in [0, 0.05) is 21.4 Å². The Morgan fingerprint density at radius 3 is 2.70 bits per heavy atom. The average molecular weight is 392 g/mol. The number of nitrogens with one attached hydrogen (secondary N) is 1. The summed E-state index contributed by atoms with van der Waals surface area (Å²) in [6.07, 6.45) is 0. The zero-order valence-electron chi connectivity index (χ0n) is 11.8. The highest BCUT2D eigenvalue weighted by molar-refractivity contribution is 9.10. The SMILES string of the molecule is Nc1cccc(NC(=O)c2ccc(-c3ccc(Br)cc3Cl)o2)c1. The van der Waals surface area contributed by atoms with Crippen LogP contribution in [0.3, 0.4) is 0 Å². The van der Waals surface area contributed by atoms with E-state index in [9.17, 15) is 4.79 Å². The topological polar surface area (TPSA) is 68.3 Å². The lowest BCUT2D eigenvalue weighted by Gasteiger charge is -2.04. The number of benzene rings is 2. The van der Waals surface area contributed by atoms with Gasteiger partial charge in [-0.2, -0.15) is 0 Å². The van der Waals surface area contributed by atoms with Crippen LogP contribution in [-0.2, 0) is 0 Å². The van der Waals surface area contributed by atoms with Crippen LogP contribution in [0.15, 0.2) is 63.5 Å². The molecule has 0 aliphatic rings. The predicted molar refractivity (Wildman–Crippen MR) is 95.7 cm³/mol. The van der Waals surface area contributed by atoms with Gasteiger partial charge in [-0.15, -0.1) is 0 Å². The van der Waals surface area contributed by atoms with Crippen LogP contribution in [0.5, 0.6) is 0 Å². The third-order valence-electron chi connectivity index (χ3n) is 3.17. The smallest absolute Gasteiger partial charge is 0.291 e. The molecule has 4 nitrogen and oxygen atoms in total. The molecule has 1 aromatic heterocycles. The number of hydrogen-bond donors (Lipinski definition) is 2. The Bertz CT molecular complexity index is 877. The lowest BCUT2D eigenvalue weighted by atomic mass is 10.2. The van der Waals surface area contributed by atoms with Crippen molar-refractivity contribution in [3.8, 4) is 11.3 Å². The summed E-state index contributed by atoms with van der Waals surface area (Å²) in [5.41, 5.74) is 7.59. The van der Waals surface area contributed by atoms with Gasteiger partial charge in [0.05, 0.1) is 5.02 Å². The van der Waals surface area contributed by atoms with E-state index >= 15 is 0 Å². The van der Waals surface area contributed by atoms with Gasteiger partial charge in [-0.25, -0.2) is 0 Å². The van der Waals surface area contributed by atoms with Gasteiger partial charge in [-0.05, 0) is 48.5 Å². The van der Waals surface area contributed by atoms with Gasteiger partial charge in [-0.1, -0.05) is 33.6 Å². The first-order valence-corrected chi connectivity index (χ1v) is 7.92. The fourth-order valence-electron chi connectivity index (χ4n) is 2.10. The molecule has 0 aliphatic heterocycles. The zero-order chi connectivity index (χ0) is 16.4. The van der Waals surface area contributed by atoms with Crippen LogP contribution in [0.4, 0.5) is 11.4 Å². The number of anilines is 2. The van der Waals surface area contributed by atoms with Crippen molar-refractivity contribution < 1.29 is 9.21 Å². The summed E-state index contributed by atoms with van der Waals surface area (Å²) in [5.74, 6) is 0.372. The Labute approximate surface area is 146 Å². The lowest BCUT2D eigenvalue weighted by molar-refractivity contribution is 0.0997. The molecule has 0 unspecified atom stereocenters. The fraction of sp³-hybridized carbons (Fsp3) is 0. The molecule has 0 bridgehead atoms. The van der Waals surface area contributed by atoms with E-state index in [-0.39, 0.29) is 11.7 Å². The number of furan rings is 1. The zero-order valence-corrected chi connectivity index (χ0v) is 14.2. The molecular weight excluding hydrogens is 380 g/mol. The Balaban J connectivity index is 1.82. The second-order valence-corrected chi connectivity index (χ2v) is 6.19. The van der Waals surface area contributed by atoms with E-state index in [1.165, 1.54) is 0 Å². The molecule has 0 radical (unpaired) electrons. The normalized spacial score (nSPS) is 10.5. The summed E-state index contributed by atoms with van der Waals surface area (Å²) in [7, 11) is 0. The summed E-state index contributed by atoms with van der Waals surface area (Å²) in [6, 6.07) is 15.7. The average Bonchev–Trinajstić information content (AvgIpc) is 2.97. The maximum Gasteiger partial charge on any atom is 0.291 e. The number of nitrogen functional groups attached to an aromatic ring is 1. The molecule has 1 amide bonds. The highest BCUT2D eigenvalue weighted by Crippen LogP contribution is 2.31. The van der Waals surface area contributed by atoms with E-state index in [1.54, 1.807) is 42.5 Å². The van der Waals surface area contributed by atoms with Crippen LogP contribution in [0, 0.1) is 0 Å². The van der Waals surface area contributed by atoms with Crippen LogP contribution in [-0.4, -0.2) is 5.91 Å². The first-order chi connectivity index (χ1) is 11.0. The highest BCUT2D eigenvalue weighted by Gasteiger charge is 2.14. The largest absolute Gasteiger partial charge is 0.451 e. The molecule has 116 valence electrons. The minimum Gasteiger partial charge on any atom is -0.451 e. The molecule has 1 heterocycles. The molecule has 0 atom stereocenters. The third-order valence-corrected chi connectivity index (χ3v) is 3.98. The van der Waals surface area contributed by atoms with Crippen molar-refractivity contribution in [1.29, 1.82) is 0 Å². The molecule has 0 saturated carbocycles. The monoisotopic (exact) mass is 390 g/mol. The van der Waals surface area contributed by atoms with Crippen molar-refractivity contribution >= 4 is 44.8 Å². The van der Waals surface area contributed by atoms with Crippen molar-refractivity contribution in [2.24, 2.45) is 0 Å². The van der Waals surface area contributed by atoms with Crippen LogP contribution in [0.1, 0.15) is 10.6 Å². The van der Waals surface area contributed by atoms with Crippen LogP contribution in [0.25, 0.3) is 11.3 Å². The number of halogens is 2. The van der Waals surface area contributed by atoms with E-state index in [1.807, 2.05) is 12.1 Å². The van der Waals surface area contributed by atoms with Crippen LogP contribution >= 0.6 is 27.5 Å². The van der Waals surface area contributed by atoms with Crippen molar-refractivity contribution in [2.45, 2.75) is 0 Å². The Morgan fingerprint density at radius 1 is 1.13 bits per heavy atom. The molecule has 3 aromatic rings. The first kappa shape index (κ1) is 15.6. The van der Waals surface area contributed by atoms with E-state index in [2.05, 4.69) is 21.2 Å². The lowest BCUT2D eigenvalue weighted by Crippen LogP contribution is -2.10. The minimum absolute atomic E-state index is 0.196. The number of hydrogen-bond acceptors (Lipinski definition) is 3. The second kappa shape index (κ2) is 6.48. The molecule has 3 N–H and O–H groups in total.